The summed E-state index contributed by atoms with van der Waals surface area (Å²) in [7, 11) is 0. The van der Waals surface area contributed by atoms with Gasteiger partial charge < -0.3 is 14.9 Å². The zero-order valence-electron chi connectivity index (χ0n) is 12.8. The van der Waals surface area contributed by atoms with Gasteiger partial charge in [0.1, 0.15) is 0 Å². The van der Waals surface area contributed by atoms with Crippen LogP contribution in [0.2, 0.25) is 0 Å². The predicted octanol–water partition coefficient (Wildman–Crippen LogP) is 2.41. The second kappa shape index (κ2) is 5.62. The summed E-state index contributed by atoms with van der Waals surface area (Å²) in [5.74, 6) is -0.202. The van der Waals surface area contributed by atoms with Crippen LogP contribution in [0.4, 0.5) is 4.79 Å². The maximum absolute atomic E-state index is 12.6. The monoisotopic (exact) mass is 282 g/mol. The van der Waals surface area contributed by atoms with E-state index in [-0.39, 0.29) is 12.1 Å². The van der Waals surface area contributed by atoms with Crippen LogP contribution in [0.3, 0.4) is 0 Å². The van der Waals surface area contributed by atoms with Crippen LogP contribution in [0.25, 0.3) is 0 Å². The minimum atomic E-state index is -0.746. The molecule has 0 aliphatic carbocycles. The summed E-state index contributed by atoms with van der Waals surface area (Å²) in [6.45, 7) is 8.03. The fourth-order valence-electron chi connectivity index (χ4n) is 3.19. The molecule has 114 valence electrons. The van der Waals surface area contributed by atoms with Crippen molar-refractivity contribution in [2.24, 2.45) is 11.3 Å². The van der Waals surface area contributed by atoms with E-state index in [1.54, 1.807) is 6.92 Å². The van der Waals surface area contributed by atoms with Crippen LogP contribution in [-0.4, -0.2) is 52.6 Å². The van der Waals surface area contributed by atoms with Crippen LogP contribution >= 0.6 is 0 Å². The Labute approximate surface area is 120 Å². The van der Waals surface area contributed by atoms with Gasteiger partial charge in [0.05, 0.1) is 5.41 Å². The van der Waals surface area contributed by atoms with E-state index in [4.69, 9.17) is 0 Å². The van der Waals surface area contributed by atoms with Gasteiger partial charge in [-0.15, -0.1) is 0 Å². The molecule has 2 amide bonds. The fraction of sp³-hybridized carbons (Fsp3) is 0.867. The number of carbonyl (C=O) groups is 2. The second-order valence-corrected chi connectivity index (χ2v) is 6.69. The van der Waals surface area contributed by atoms with E-state index in [9.17, 15) is 14.7 Å². The third kappa shape index (κ3) is 2.76. The van der Waals surface area contributed by atoms with Gasteiger partial charge in [-0.05, 0) is 45.4 Å². The van der Waals surface area contributed by atoms with Gasteiger partial charge in [0, 0.05) is 25.7 Å². The molecule has 0 aromatic heterocycles. The average Bonchev–Trinajstić information content (AvgIpc) is 2.42. The van der Waals surface area contributed by atoms with Crippen LogP contribution in [0, 0.1) is 11.3 Å². The van der Waals surface area contributed by atoms with Crippen LogP contribution < -0.4 is 0 Å². The number of amides is 2. The molecule has 0 aromatic rings. The molecule has 0 bridgehead atoms. The Kier molecular flexibility index (Phi) is 4.25. The minimum Gasteiger partial charge on any atom is -0.481 e. The van der Waals surface area contributed by atoms with Gasteiger partial charge in [-0.3, -0.25) is 4.79 Å². The Morgan fingerprint density at radius 3 is 2.30 bits per heavy atom. The molecule has 0 spiro atoms. The highest BCUT2D eigenvalue weighted by atomic mass is 16.4. The van der Waals surface area contributed by atoms with Gasteiger partial charge in [0.25, 0.3) is 0 Å². The van der Waals surface area contributed by atoms with Gasteiger partial charge in [0.15, 0.2) is 0 Å². The van der Waals surface area contributed by atoms with Gasteiger partial charge in [0.2, 0.25) is 0 Å². The van der Waals surface area contributed by atoms with Crippen LogP contribution in [0.15, 0.2) is 0 Å². The summed E-state index contributed by atoms with van der Waals surface area (Å²) in [4.78, 5) is 27.6. The molecule has 2 aliphatic heterocycles. The summed E-state index contributed by atoms with van der Waals surface area (Å²) in [5.41, 5.74) is -0.669. The summed E-state index contributed by atoms with van der Waals surface area (Å²) in [5, 5.41) is 9.23. The minimum absolute atomic E-state index is 0.0940. The second-order valence-electron chi connectivity index (χ2n) is 6.69. The number of urea groups is 1. The van der Waals surface area contributed by atoms with E-state index in [0.717, 1.165) is 13.0 Å². The lowest BCUT2D eigenvalue weighted by Gasteiger charge is -2.43. The molecule has 2 atom stereocenters. The third-order valence-corrected chi connectivity index (χ3v) is 5.27. The molecular weight excluding hydrogens is 256 g/mol. The number of likely N-dealkylation sites (tertiary alicyclic amines) is 2. The summed E-state index contributed by atoms with van der Waals surface area (Å²) >= 11 is 0. The molecule has 0 radical (unpaired) electrons. The van der Waals surface area contributed by atoms with E-state index < -0.39 is 11.4 Å². The molecule has 1 N–H and O–H groups in total. The van der Waals surface area contributed by atoms with E-state index >= 15 is 0 Å². The highest BCUT2D eigenvalue weighted by Gasteiger charge is 2.40. The van der Waals surface area contributed by atoms with E-state index in [0.29, 0.717) is 31.8 Å². The highest BCUT2D eigenvalue weighted by molar-refractivity contribution is 5.77. The Morgan fingerprint density at radius 1 is 1.15 bits per heavy atom. The number of carboxylic acid groups (broad SMARTS) is 1. The van der Waals surface area contributed by atoms with Gasteiger partial charge in [-0.2, -0.15) is 0 Å². The topological polar surface area (TPSA) is 60.9 Å². The molecule has 2 fully saturated rings. The zero-order chi connectivity index (χ0) is 14.9. The normalized spacial score (nSPS) is 30.1. The lowest BCUT2D eigenvalue weighted by molar-refractivity contribution is -0.150. The lowest BCUT2D eigenvalue weighted by Crippen LogP contribution is -2.54. The standard InChI is InChI=1S/C15H26N2O3/c1-11-5-4-8-17(12(11)2)14(20)16-9-6-15(3,7-10-16)13(18)19/h11-12H,4-10H2,1-3H3,(H,18,19). The SMILES string of the molecule is CC1CCCN(C(=O)N2CCC(C)(C(=O)O)CC2)C1C. The van der Waals surface area contributed by atoms with Crippen molar-refractivity contribution >= 4 is 12.0 Å². The van der Waals surface area contributed by atoms with Crippen molar-refractivity contribution in [1.29, 1.82) is 0 Å². The van der Waals surface area contributed by atoms with Crippen molar-refractivity contribution in [1.82, 2.24) is 9.80 Å². The van der Waals surface area contributed by atoms with Crippen molar-refractivity contribution < 1.29 is 14.7 Å². The quantitative estimate of drug-likeness (QED) is 0.803. The van der Waals surface area contributed by atoms with Gasteiger partial charge in [-0.25, -0.2) is 4.79 Å². The Balaban J connectivity index is 1.96. The number of hydrogen-bond acceptors (Lipinski definition) is 2. The fourth-order valence-corrected chi connectivity index (χ4v) is 3.19. The number of rotatable bonds is 1. The van der Waals surface area contributed by atoms with Crippen molar-refractivity contribution in [3.8, 4) is 0 Å². The van der Waals surface area contributed by atoms with Crippen molar-refractivity contribution in [2.75, 3.05) is 19.6 Å². The smallest absolute Gasteiger partial charge is 0.320 e. The number of carboxylic acids is 1. The number of aliphatic carboxylic acids is 1. The van der Waals surface area contributed by atoms with Gasteiger partial charge >= 0.3 is 12.0 Å². The number of piperidine rings is 2. The maximum Gasteiger partial charge on any atom is 0.320 e. The summed E-state index contributed by atoms with van der Waals surface area (Å²) in [6, 6.07) is 0.375. The number of hydrogen-bond donors (Lipinski definition) is 1. The van der Waals surface area contributed by atoms with E-state index in [2.05, 4.69) is 13.8 Å². The first-order chi connectivity index (χ1) is 9.35. The molecule has 0 saturated carbocycles. The molecule has 20 heavy (non-hydrogen) atoms. The molecule has 2 aliphatic rings. The number of nitrogens with zero attached hydrogens (tertiary/aromatic N) is 2. The average molecular weight is 282 g/mol. The Hall–Kier alpha value is -1.26. The first-order valence-corrected chi connectivity index (χ1v) is 7.64. The number of carbonyl (C=O) groups excluding carboxylic acids is 1. The van der Waals surface area contributed by atoms with Crippen molar-refractivity contribution in [3.05, 3.63) is 0 Å². The highest BCUT2D eigenvalue weighted by Crippen LogP contribution is 2.32. The Morgan fingerprint density at radius 2 is 1.75 bits per heavy atom. The first kappa shape index (κ1) is 15.1. The van der Waals surface area contributed by atoms with Crippen molar-refractivity contribution in [2.45, 2.75) is 52.5 Å². The Bertz CT molecular complexity index is 389. The molecule has 2 rings (SSSR count). The molecule has 2 saturated heterocycles. The third-order valence-electron chi connectivity index (χ3n) is 5.27. The predicted molar refractivity (Wildman–Crippen MR) is 76.5 cm³/mol. The van der Waals surface area contributed by atoms with Crippen molar-refractivity contribution in [3.63, 3.8) is 0 Å². The maximum atomic E-state index is 12.6. The van der Waals surface area contributed by atoms with E-state index in [1.165, 1.54) is 6.42 Å². The molecule has 2 unspecified atom stereocenters. The summed E-state index contributed by atoms with van der Waals surface area (Å²) < 4.78 is 0. The largest absolute Gasteiger partial charge is 0.481 e. The van der Waals surface area contributed by atoms with Crippen LogP contribution in [0.5, 0.6) is 0 Å². The van der Waals surface area contributed by atoms with Crippen LogP contribution in [0.1, 0.15) is 46.5 Å². The van der Waals surface area contributed by atoms with E-state index in [1.807, 2.05) is 9.80 Å². The van der Waals surface area contributed by atoms with Gasteiger partial charge in [-0.1, -0.05) is 6.92 Å². The lowest BCUT2D eigenvalue weighted by atomic mass is 9.80. The molecule has 5 heteroatoms. The molecule has 0 aromatic carbocycles. The van der Waals surface area contributed by atoms with Crippen LogP contribution in [-0.2, 0) is 4.79 Å². The zero-order valence-corrected chi connectivity index (χ0v) is 12.8. The summed E-state index contributed by atoms with van der Waals surface area (Å²) in [6.07, 6.45) is 3.34. The first-order valence-electron chi connectivity index (χ1n) is 7.64. The molecule has 2 heterocycles. The molecular formula is C15H26N2O3. The molecule has 5 nitrogen and oxygen atoms in total.